The fraction of sp³-hybridized carbons (Fsp3) is 0.700. The number of likely N-dealkylation sites (N-methyl/N-ethyl adjacent to an activating group) is 1. The van der Waals surface area contributed by atoms with Crippen molar-refractivity contribution in [1.82, 2.24) is 4.90 Å². The van der Waals surface area contributed by atoms with Crippen LogP contribution >= 0.6 is 0 Å². The first kappa shape index (κ1) is 10.3. The van der Waals surface area contributed by atoms with Crippen molar-refractivity contribution >= 4 is 5.71 Å². The number of rotatable bonds is 1. The third-order valence-corrected chi connectivity index (χ3v) is 1.93. The molecule has 0 fully saturated rings. The molecule has 0 aromatic carbocycles. The average Bonchev–Trinajstić information content (AvgIpc) is 1.78. The van der Waals surface area contributed by atoms with Gasteiger partial charge in [0.2, 0.25) is 0 Å². The molecule has 0 unspecified atom stereocenters. The zero-order valence-corrected chi connectivity index (χ0v) is 8.96. The van der Waals surface area contributed by atoms with Crippen molar-refractivity contribution < 1.29 is 0 Å². The number of hydrogen-bond donors (Lipinski definition) is 1. The fourth-order valence-corrected chi connectivity index (χ4v) is 1.79. The van der Waals surface area contributed by atoms with E-state index in [1.165, 1.54) is 0 Å². The van der Waals surface area contributed by atoms with Crippen LogP contribution in [-0.4, -0.2) is 36.3 Å². The Bertz CT molecular complexity index is 247. The number of nitrogens with zero attached hydrogens (tertiary/aromatic N) is 2. The third-order valence-electron chi connectivity index (χ3n) is 1.93. The Morgan fingerprint density at radius 2 is 2.23 bits per heavy atom. The zero-order chi connectivity index (χ0) is 10.1. The summed E-state index contributed by atoms with van der Waals surface area (Å²) in [6, 6.07) is 0. The molecule has 2 N–H and O–H groups in total. The Morgan fingerprint density at radius 1 is 1.62 bits per heavy atom. The molecule has 1 heterocycles. The minimum absolute atomic E-state index is 0.0221. The monoisotopic (exact) mass is 181 g/mol. The van der Waals surface area contributed by atoms with E-state index >= 15 is 0 Å². The second-order valence-corrected chi connectivity index (χ2v) is 4.48. The Kier molecular flexibility index (Phi) is 2.76. The highest BCUT2D eigenvalue weighted by atomic mass is 15.2. The topological polar surface area (TPSA) is 41.6 Å². The maximum Gasteiger partial charge on any atom is 0.0682 e. The van der Waals surface area contributed by atoms with Crippen LogP contribution in [-0.2, 0) is 0 Å². The second-order valence-electron chi connectivity index (χ2n) is 4.48. The van der Waals surface area contributed by atoms with Crippen LogP contribution in [0.15, 0.2) is 16.8 Å². The average molecular weight is 181 g/mol. The van der Waals surface area contributed by atoms with E-state index in [0.717, 1.165) is 24.5 Å². The molecule has 0 bridgehead atoms. The summed E-state index contributed by atoms with van der Waals surface area (Å²) in [6.45, 7) is 8.08. The molecule has 0 saturated carbocycles. The van der Waals surface area contributed by atoms with Crippen molar-refractivity contribution in [2.45, 2.75) is 26.3 Å². The van der Waals surface area contributed by atoms with Gasteiger partial charge in [-0.3, -0.25) is 9.89 Å². The van der Waals surface area contributed by atoms with Gasteiger partial charge in [0.05, 0.1) is 11.3 Å². The molecule has 1 aliphatic heterocycles. The van der Waals surface area contributed by atoms with Gasteiger partial charge in [0.15, 0.2) is 0 Å². The van der Waals surface area contributed by atoms with Gasteiger partial charge in [-0.25, -0.2) is 0 Å². The minimum Gasteiger partial charge on any atom is -0.402 e. The highest BCUT2D eigenvalue weighted by Gasteiger charge is 2.24. The second kappa shape index (κ2) is 3.50. The SMILES string of the molecule is CC(N)=CC1=NC(C)(C)CN(C)C1. The first-order valence-electron chi connectivity index (χ1n) is 4.60. The van der Waals surface area contributed by atoms with Crippen LogP contribution in [0.3, 0.4) is 0 Å². The van der Waals surface area contributed by atoms with Crippen molar-refractivity contribution in [2.24, 2.45) is 10.7 Å². The first-order valence-corrected chi connectivity index (χ1v) is 4.60. The molecular formula is C10H19N3. The van der Waals surface area contributed by atoms with Gasteiger partial charge in [-0.05, 0) is 33.9 Å². The number of nitrogens with two attached hydrogens (primary N) is 1. The summed E-state index contributed by atoms with van der Waals surface area (Å²) < 4.78 is 0. The Morgan fingerprint density at radius 3 is 2.69 bits per heavy atom. The lowest BCUT2D eigenvalue weighted by molar-refractivity contribution is 0.284. The first-order chi connectivity index (χ1) is 5.89. The molecule has 0 aromatic heterocycles. The summed E-state index contributed by atoms with van der Waals surface area (Å²) >= 11 is 0. The zero-order valence-electron chi connectivity index (χ0n) is 8.96. The highest BCUT2D eigenvalue weighted by molar-refractivity contribution is 5.97. The van der Waals surface area contributed by atoms with Crippen molar-refractivity contribution in [1.29, 1.82) is 0 Å². The largest absolute Gasteiger partial charge is 0.402 e. The molecule has 74 valence electrons. The van der Waals surface area contributed by atoms with Crippen LogP contribution in [0.5, 0.6) is 0 Å². The predicted molar refractivity (Wildman–Crippen MR) is 57.0 cm³/mol. The van der Waals surface area contributed by atoms with Gasteiger partial charge in [0, 0.05) is 18.8 Å². The maximum atomic E-state index is 5.62. The van der Waals surface area contributed by atoms with E-state index in [-0.39, 0.29) is 5.54 Å². The van der Waals surface area contributed by atoms with Crippen LogP contribution in [0.1, 0.15) is 20.8 Å². The van der Waals surface area contributed by atoms with Crippen LogP contribution in [0.25, 0.3) is 0 Å². The minimum atomic E-state index is 0.0221. The Labute approximate surface area is 80.3 Å². The summed E-state index contributed by atoms with van der Waals surface area (Å²) in [5, 5.41) is 0. The van der Waals surface area contributed by atoms with Gasteiger partial charge in [0.25, 0.3) is 0 Å². The molecule has 0 spiro atoms. The molecule has 13 heavy (non-hydrogen) atoms. The molecule has 3 nitrogen and oxygen atoms in total. The van der Waals surface area contributed by atoms with Crippen molar-refractivity contribution in [3.8, 4) is 0 Å². The van der Waals surface area contributed by atoms with E-state index < -0.39 is 0 Å². The number of hydrogen-bond acceptors (Lipinski definition) is 3. The number of aliphatic imine (C=N–C) groups is 1. The van der Waals surface area contributed by atoms with Crippen molar-refractivity contribution in [3.05, 3.63) is 11.8 Å². The summed E-state index contributed by atoms with van der Waals surface area (Å²) in [6.07, 6.45) is 1.96. The number of allylic oxidation sites excluding steroid dienone is 1. The summed E-state index contributed by atoms with van der Waals surface area (Å²) in [7, 11) is 2.11. The lowest BCUT2D eigenvalue weighted by Crippen LogP contribution is -2.43. The predicted octanol–water partition coefficient (Wildman–Crippen LogP) is 1.01. The smallest absolute Gasteiger partial charge is 0.0682 e. The lowest BCUT2D eigenvalue weighted by atomic mass is 10.0. The van der Waals surface area contributed by atoms with Crippen LogP contribution in [0.2, 0.25) is 0 Å². The fourth-order valence-electron chi connectivity index (χ4n) is 1.79. The van der Waals surface area contributed by atoms with Gasteiger partial charge < -0.3 is 5.73 Å². The van der Waals surface area contributed by atoms with Gasteiger partial charge in [-0.15, -0.1) is 0 Å². The van der Waals surface area contributed by atoms with Crippen molar-refractivity contribution in [2.75, 3.05) is 20.1 Å². The van der Waals surface area contributed by atoms with Crippen LogP contribution < -0.4 is 5.73 Å². The van der Waals surface area contributed by atoms with E-state index in [0.29, 0.717) is 0 Å². The summed E-state index contributed by atoms with van der Waals surface area (Å²) in [4.78, 5) is 6.89. The third kappa shape index (κ3) is 3.19. The molecule has 0 amide bonds. The molecule has 3 heteroatoms. The van der Waals surface area contributed by atoms with E-state index in [9.17, 15) is 0 Å². The van der Waals surface area contributed by atoms with Crippen molar-refractivity contribution in [3.63, 3.8) is 0 Å². The van der Waals surface area contributed by atoms with E-state index in [2.05, 4.69) is 30.8 Å². The molecule has 0 aromatic rings. The molecule has 1 rings (SSSR count). The van der Waals surface area contributed by atoms with Gasteiger partial charge in [0.1, 0.15) is 0 Å². The lowest BCUT2D eigenvalue weighted by Gasteiger charge is -2.32. The molecule has 0 atom stereocenters. The van der Waals surface area contributed by atoms with E-state index in [1.54, 1.807) is 0 Å². The molecule has 0 radical (unpaired) electrons. The standard InChI is InChI=1S/C10H19N3/c1-8(11)5-9-6-13(4)7-10(2,3)12-9/h5H,6-7,11H2,1-4H3. The van der Waals surface area contributed by atoms with E-state index in [4.69, 9.17) is 5.73 Å². The van der Waals surface area contributed by atoms with Crippen LogP contribution in [0.4, 0.5) is 0 Å². The molecule has 0 aliphatic carbocycles. The van der Waals surface area contributed by atoms with Crippen LogP contribution in [0, 0.1) is 0 Å². The van der Waals surface area contributed by atoms with Gasteiger partial charge in [-0.1, -0.05) is 0 Å². The molecule has 1 aliphatic rings. The van der Waals surface area contributed by atoms with Gasteiger partial charge in [-0.2, -0.15) is 0 Å². The highest BCUT2D eigenvalue weighted by Crippen LogP contribution is 2.16. The summed E-state index contributed by atoms with van der Waals surface area (Å²) in [5.74, 6) is 0. The summed E-state index contributed by atoms with van der Waals surface area (Å²) in [5.41, 5.74) is 7.55. The maximum absolute atomic E-state index is 5.62. The van der Waals surface area contributed by atoms with E-state index in [1.807, 2.05) is 13.0 Å². The normalized spacial score (nSPS) is 24.3. The Balaban J connectivity index is 2.85. The quantitative estimate of drug-likeness (QED) is 0.656. The Hall–Kier alpha value is -0.830. The molecular weight excluding hydrogens is 162 g/mol. The van der Waals surface area contributed by atoms with Gasteiger partial charge >= 0.3 is 0 Å². The molecule has 0 saturated heterocycles.